The number of carbonyl (C=O) groups is 6. The Bertz CT molecular complexity index is 639. The van der Waals surface area contributed by atoms with Crippen LogP contribution in [0.3, 0.4) is 0 Å². The van der Waals surface area contributed by atoms with Crippen molar-refractivity contribution in [2.75, 3.05) is 0 Å². The van der Waals surface area contributed by atoms with Gasteiger partial charge in [0.05, 0.1) is 33.4 Å². The Labute approximate surface area is 178 Å². The van der Waals surface area contributed by atoms with Gasteiger partial charge in [0.25, 0.3) is 0 Å². The molecule has 0 bridgehead atoms. The van der Waals surface area contributed by atoms with Gasteiger partial charge >= 0.3 is 87.2 Å². The van der Waals surface area contributed by atoms with Gasteiger partial charge in [-0.3, -0.25) is 0 Å². The summed E-state index contributed by atoms with van der Waals surface area (Å²) in [6.07, 6.45) is 0. The van der Waals surface area contributed by atoms with E-state index in [1.807, 2.05) is 0 Å². The Hall–Kier alpha value is -2.32. The van der Waals surface area contributed by atoms with Crippen molar-refractivity contribution < 1.29 is 111 Å². The Kier molecular flexibility index (Phi) is 7.41. The van der Waals surface area contributed by atoms with E-state index >= 15 is 0 Å². The van der Waals surface area contributed by atoms with Crippen LogP contribution >= 0.6 is 0 Å². The molecular formula is C12H6KO12+. The first-order valence-corrected chi connectivity index (χ1v) is 5.57. The van der Waals surface area contributed by atoms with Crippen LogP contribution in [0.25, 0.3) is 0 Å². The second-order valence-corrected chi connectivity index (χ2v) is 4.08. The molecule has 126 valence electrons. The van der Waals surface area contributed by atoms with Gasteiger partial charge in [-0.25, -0.2) is 28.8 Å². The van der Waals surface area contributed by atoms with Crippen molar-refractivity contribution in [2.45, 2.75) is 0 Å². The van der Waals surface area contributed by atoms with Crippen molar-refractivity contribution >= 4 is 35.8 Å². The van der Waals surface area contributed by atoms with E-state index in [1.165, 1.54) is 0 Å². The topological polar surface area (TPSA) is 224 Å². The van der Waals surface area contributed by atoms with E-state index in [0.29, 0.717) is 0 Å². The minimum atomic E-state index is -2.26. The Morgan fingerprint density at radius 1 is 0.360 bits per heavy atom. The monoisotopic (exact) mass is 381 g/mol. The molecule has 0 aromatic heterocycles. The molecule has 12 nitrogen and oxygen atoms in total. The molecule has 6 N–H and O–H groups in total. The average Bonchev–Trinajstić information content (AvgIpc) is 2.42. The van der Waals surface area contributed by atoms with Crippen molar-refractivity contribution in [3.63, 3.8) is 0 Å². The number of hydrogen-bond donors (Lipinski definition) is 6. The van der Waals surface area contributed by atoms with E-state index in [2.05, 4.69) is 0 Å². The maximum atomic E-state index is 11.2. The molecule has 0 unspecified atom stereocenters. The number of aromatic carboxylic acids is 6. The second-order valence-electron chi connectivity index (χ2n) is 4.08. The number of carboxylic acids is 6. The third kappa shape index (κ3) is 4.02. The van der Waals surface area contributed by atoms with Gasteiger partial charge in [-0.2, -0.15) is 0 Å². The van der Waals surface area contributed by atoms with Gasteiger partial charge in [-0.15, -0.1) is 0 Å². The minimum absolute atomic E-state index is 0. The molecule has 0 heterocycles. The van der Waals surface area contributed by atoms with Crippen LogP contribution in [0.15, 0.2) is 0 Å². The fraction of sp³-hybridized carbons (Fsp3) is 0. The number of rotatable bonds is 6. The van der Waals surface area contributed by atoms with Crippen molar-refractivity contribution in [3.05, 3.63) is 33.4 Å². The van der Waals surface area contributed by atoms with Crippen LogP contribution in [0.4, 0.5) is 0 Å². The molecule has 0 radical (unpaired) electrons. The fourth-order valence-corrected chi connectivity index (χ4v) is 2.03. The molecular weight excluding hydrogens is 375 g/mol. The predicted octanol–water partition coefficient (Wildman–Crippen LogP) is -3.12. The zero-order valence-electron chi connectivity index (χ0n) is 12.1. The van der Waals surface area contributed by atoms with E-state index < -0.39 is 69.2 Å². The van der Waals surface area contributed by atoms with E-state index in [0.717, 1.165) is 0 Å². The van der Waals surface area contributed by atoms with E-state index in [1.54, 1.807) is 0 Å². The molecule has 13 heteroatoms. The maximum Gasteiger partial charge on any atom is 1.00 e. The number of benzene rings is 1. The number of hydrogen-bond acceptors (Lipinski definition) is 6. The zero-order chi connectivity index (χ0) is 18.9. The van der Waals surface area contributed by atoms with Crippen molar-refractivity contribution in [3.8, 4) is 0 Å². The molecule has 0 saturated carbocycles. The van der Waals surface area contributed by atoms with Gasteiger partial charge in [0, 0.05) is 0 Å². The Balaban J connectivity index is 0.00000576. The van der Waals surface area contributed by atoms with Crippen molar-refractivity contribution in [2.24, 2.45) is 0 Å². The molecule has 0 amide bonds. The molecule has 1 rings (SSSR count). The fourth-order valence-electron chi connectivity index (χ4n) is 2.03. The summed E-state index contributed by atoms with van der Waals surface area (Å²) in [6.45, 7) is 0. The van der Waals surface area contributed by atoms with Crippen LogP contribution < -0.4 is 51.4 Å². The summed E-state index contributed by atoms with van der Waals surface area (Å²) in [5, 5.41) is 54.2. The maximum absolute atomic E-state index is 11.2. The molecule has 1 aromatic carbocycles. The zero-order valence-corrected chi connectivity index (χ0v) is 15.3. The van der Waals surface area contributed by atoms with Gasteiger partial charge in [-0.1, -0.05) is 0 Å². The van der Waals surface area contributed by atoms with Gasteiger partial charge in [0.1, 0.15) is 0 Å². The van der Waals surface area contributed by atoms with Crippen LogP contribution in [-0.4, -0.2) is 66.5 Å². The summed E-state index contributed by atoms with van der Waals surface area (Å²) in [4.78, 5) is 67.3. The Morgan fingerprint density at radius 2 is 0.440 bits per heavy atom. The van der Waals surface area contributed by atoms with E-state index in [-0.39, 0.29) is 51.4 Å². The van der Waals surface area contributed by atoms with Gasteiger partial charge < -0.3 is 30.6 Å². The molecule has 0 atom stereocenters. The molecule has 25 heavy (non-hydrogen) atoms. The SMILES string of the molecule is O=C(O)c1c(C(=O)O)c(C(=O)O)c(C(=O)O)c(C(=O)O)c1C(=O)O.[K+]. The summed E-state index contributed by atoms with van der Waals surface area (Å²) in [6, 6.07) is 0. The molecule has 1 aromatic rings. The first-order valence-electron chi connectivity index (χ1n) is 5.57. The van der Waals surface area contributed by atoms with Crippen molar-refractivity contribution in [1.82, 2.24) is 0 Å². The molecule has 0 aliphatic carbocycles. The summed E-state index contributed by atoms with van der Waals surface area (Å²) in [7, 11) is 0. The summed E-state index contributed by atoms with van der Waals surface area (Å²) < 4.78 is 0. The first kappa shape index (κ1) is 22.7. The van der Waals surface area contributed by atoms with Crippen LogP contribution in [0.2, 0.25) is 0 Å². The average molecular weight is 381 g/mol. The summed E-state index contributed by atoms with van der Waals surface area (Å²) >= 11 is 0. The number of carboxylic acid groups (broad SMARTS) is 6. The molecule has 0 fully saturated rings. The molecule has 0 saturated heterocycles. The molecule has 0 aliphatic rings. The van der Waals surface area contributed by atoms with E-state index in [9.17, 15) is 28.8 Å². The summed E-state index contributed by atoms with van der Waals surface area (Å²) in [5.41, 5.74) is -9.95. The normalized spacial score (nSPS) is 9.60. The quantitative estimate of drug-likeness (QED) is 0.269. The van der Waals surface area contributed by atoms with Crippen LogP contribution in [0.5, 0.6) is 0 Å². The molecule has 0 aliphatic heterocycles. The van der Waals surface area contributed by atoms with E-state index in [4.69, 9.17) is 30.6 Å². The van der Waals surface area contributed by atoms with Crippen LogP contribution in [0, 0.1) is 0 Å². The largest absolute Gasteiger partial charge is 1.00 e. The van der Waals surface area contributed by atoms with Gasteiger partial charge in [0.2, 0.25) is 0 Å². The minimum Gasteiger partial charge on any atom is -0.478 e. The third-order valence-corrected chi connectivity index (χ3v) is 2.78. The summed E-state index contributed by atoms with van der Waals surface area (Å²) in [5.74, 6) is -13.5. The molecule has 0 spiro atoms. The van der Waals surface area contributed by atoms with Crippen molar-refractivity contribution in [1.29, 1.82) is 0 Å². The second kappa shape index (κ2) is 8.17. The van der Waals surface area contributed by atoms with Gasteiger partial charge in [0.15, 0.2) is 0 Å². The van der Waals surface area contributed by atoms with Crippen LogP contribution in [0.1, 0.15) is 62.1 Å². The van der Waals surface area contributed by atoms with Crippen LogP contribution in [-0.2, 0) is 0 Å². The first-order chi connectivity index (χ1) is 10.9. The predicted molar refractivity (Wildman–Crippen MR) is 68.2 cm³/mol. The Morgan fingerprint density at radius 3 is 0.480 bits per heavy atom. The standard InChI is InChI=1S/C12H6O12.K/c13-7(14)1-2(8(15)16)4(10(19)20)6(12(23)24)5(11(21)22)3(1)9(17)18;/h(H,13,14)(H,15,16)(H,17,18)(H,19,20)(H,21,22)(H,23,24);/q;+1. The van der Waals surface area contributed by atoms with Gasteiger partial charge in [-0.05, 0) is 0 Å². The third-order valence-electron chi connectivity index (χ3n) is 2.78. The smallest absolute Gasteiger partial charge is 0.478 e.